The molecule has 0 amide bonds. The number of allylic oxidation sites excluding steroid dienone is 1. The molecule has 0 aliphatic carbocycles. The van der Waals surface area contributed by atoms with Crippen molar-refractivity contribution in [2.24, 2.45) is 0 Å². The van der Waals surface area contributed by atoms with Crippen molar-refractivity contribution in [3.8, 4) is 11.8 Å². The lowest BCUT2D eigenvalue weighted by atomic mass is 9.83. The number of carbonyl (C=O) groups excluding carboxylic acids is 1. The minimum Gasteiger partial charge on any atom is -0.497 e. The normalized spacial score (nSPS) is 16.3. The summed E-state index contributed by atoms with van der Waals surface area (Å²) in [5, 5.41) is 12.4. The van der Waals surface area contributed by atoms with Crippen LogP contribution in [0.5, 0.6) is 5.75 Å². The van der Waals surface area contributed by atoms with Crippen LogP contribution in [0.4, 0.5) is 0 Å². The maximum absolute atomic E-state index is 12.7. The predicted octanol–water partition coefficient (Wildman–Crippen LogP) is 4.02. The fraction of sp³-hybridized carbons (Fsp3) is 0.273. The van der Waals surface area contributed by atoms with Crippen molar-refractivity contribution in [3.05, 3.63) is 70.3 Å². The van der Waals surface area contributed by atoms with Crippen LogP contribution < -0.4 is 10.1 Å². The highest BCUT2D eigenvalue weighted by Gasteiger charge is 2.29. The molecule has 1 N–H and O–H groups in total. The molecular weight excluding hydrogens is 324 g/mol. The summed E-state index contributed by atoms with van der Waals surface area (Å²) >= 11 is 0. The molecule has 0 saturated heterocycles. The molecule has 0 bridgehead atoms. The van der Waals surface area contributed by atoms with E-state index in [0.717, 1.165) is 29.0 Å². The molecule has 0 spiro atoms. The van der Waals surface area contributed by atoms with E-state index in [0.29, 0.717) is 11.1 Å². The maximum atomic E-state index is 12.7. The monoisotopic (exact) mass is 346 g/mol. The van der Waals surface area contributed by atoms with Gasteiger partial charge in [0.05, 0.1) is 18.7 Å². The van der Waals surface area contributed by atoms with E-state index < -0.39 is 0 Å². The van der Waals surface area contributed by atoms with E-state index >= 15 is 0 Å². The number of nitrogens with zero attached hydrogens (tertiary/aromatic N) is 1. The first kappa shape index (κ1) is 17.8. The molecule has 4 heteroatoms. The molecule has 0 radical (unpaired) electrons. The maximum Gasteiger partial charge on any atom is 0.187 e. The van der Waals surface area contributed by atoms with Crippen LogP contribution in [-0.4, -0.2) is 18.4 Å². The average molecular weight is 346 g/mol. The second-order valence-corrected chi connectivity index (χ2v) is 7.27. The van der Waals surface area contributed by atoms with Gasteiger partial charge in [0.25, 0.3) is 0 Å². The molecule has 0 fully saturated rings. The van der Waals surface area contributed by atoms with Crippen LogP contribution in [0.15, 0.2) is 42.5 Å². The first-order valence-electron chi connectivity index (χ1n) is 8.55. The third kappa shape index (κ3) is 3.48. The summed E-state index contributed by atoms with van der Waals surface area (Å²) in [4.78, 5) is 12.7. The number of hydrogen-bond donors (Lipinski definition) is 1. The Morgan fingerprint density at radius 3 is 2.58 bits per heavy atom. The van der Waals surface area contributed by atoms with Gasteiger partial charge in [-0.25, -0.2) is 0 Å². The standard InChI is InChI=1S/C22H22N2O2/c1-14-9-17(26-4)10-18-19(14)12-22(2,3)24-20(18)11-21(25)16-7-5-15(13-23)6-8-16/h5-11,24H,12H2,1-4H3. The SMILES string of the molecule is COc1cc(C)c2c(c1)C(=CC(=O)c1ccc(C#N)cc1)NC(C)(C)C2. The van der Waals surface area contributed by atoms with Crippen molar-refractivity contribution in [3.63, 3.8) is 0 Å². The minimum atomic E-state index is -0.150. The summed E-state index contributed by atoms with van der Waals surface area (Å²) in [6.07, 6.45) is 2.51. The van der Waals surface area contributed by atoms with Gasteiger partial charge in [-0.15, -0.1) is 0 Å². The van der Waals surface area contributed by atoms with Crippen molar-refractivity contribution in [2.75, 3.05) is 7.11 Å². The molecule has 132 valence electrons. The first-order chi connectivity index (χ1) is 12.3. The third-order valence-electron chi connectivity index (χ3n) is 4.64. The van der Waals surface area contributed by atoms with Crippen molar-refractivity contribution in [1.29, 1.82) is 5.26 Å². The van der Waals surface area contributed by atoms with Crippen LogP contribution in [0.2, 0.25) is 0 Å². The highest BCUT2D eigenvalue weighted by molar-refractivity contribution is 6.08. The zero-order chi connectivity index (χ0) is 18.9. The van der Waals surface area contributed by atoms with Crippen LogP contribution in [0.1, 0.15) is 46.5 Å². The number of ether oxygens (including phenoxy) is 1. The van der Waals surface area contributed by atoms with Crippen LogP contribution in [-0.2, 0) is 6.42 Å². The number of hydrogen-bond acceptors (Lipinski definition) is 4. The summed E-state index contributed by atoms with van der Waals surface area (Å²) < 4.78 is 5.41. The number of nitrogens with one attached hydrogen (secondary N) is 1. The van der Waals surface area contributed by atoms with E-state index in [1.807, 2.05) is 12.1 Å². The highest BCUT2D eigenvalue weighted by atomic mass is 16.5. The van der Waals surface area contributed by atoms with E-state index in [2.05, 4.69) is 32.2 Å². The molecule has 1 aliphatic heterocycles. The van der Waals surface area contributed by atoms with Crippen molar-refractivity contribution in [2.45, 2.75) is 32.7 Å². The van der Waals surface area contributed by atoms with Gasteiger partial charge in [0.15, 0.2) is 5.78 Å². The van der Waals surface area contributed by atoms with Crippen LogP contribution in [0.3, 0.4) is 0 Å². The number of fused-ring (bicyclic) bond motifs is 1. The second-order valence-electron chi connectivity index (χ2n) is 7.27. The number of benzene rings is 2. The number of aryl methyl sites for hydroxylation is 1. The van der Waals surface area contributed by atoms with Gasteiger partial charge in [0, 0.05) is 28.4 Å². The van der Waals surface area contributed by atoms with Crippen LogP contribution in [0, 0.1) is 18.3 Å². The summed E-state index contributed by atoms with van der Waals surface area (Å²) in [6.45, 7) is 6.32. The van der Waals surface area contributed by atoms with Crippen LogP contribution >= 0.6 is 0 Å². The lowest BCUT2D eigenvalue weighted by Gasteiger charge is -2.36. The predicted molar refractivity (Wildman–Crippen MR) is 102 cm³/mol. The molecule has 1 aliphatic rings. The zero-order valence-corrected chi connectivity index (χ0v) is 15.5. The Bertz CT molecular complexity index is 932. The number of rotatable bonds is 3. The van der Waals surface area contributed by atoms with E-state index in [9.17, 15) is 4.79 Å². The minimum absolute atomic E-state index is 0.0962. The Hall–Kier alpha value is -3.06. The molecule has 0 aromatic heterocycles. The Morgan fingerprint density at radius 1 is 1.27 bits per heavy atom. The first-order valence-corrected chi connectivity index (χ1v) is 8.55. The summed E-state index contributed by atoms with van der Waals surface area (Å²) in [7, 11) is 1.65. The molecule has 2 aromatic carbocycles. The van der Waals surface area contributed by atoms with E-state index in [-0.39, 0.29) is 11.3 Å². The number of methoxy groups -OCH3 is 1. The Balaban J connectivity index is 2.06. The molecule has 0 atom stereocenters. The zero-order valence-electron chi connectivity index (χ0n) is 15.5. The number of ketones is 1. The Labute approximate surface area is 154 Å². The fourth-order valence-corrected chi connectivity index (χ4v) is 3.33. The molecule has 0 saturated carbocycles. The van der Waals surface area contributed by atoms with Crippen molar-refractivity contribution >= 4 is 11.5 Å². The topological polar surface area (TPSA) is 62.1 Å². The van der Waals surface area contributed by atoms with Gasteiger partial charge >= 0.3 is 0 Å². The molecule has 26 heavy (non-hydrogen) atoms. The quantitative estimate of drug-likeness (QED) is 0.673. The molecule has 4 nitrogen and oxygen atoms in total. The largest absolute Gasteiger partial charge is 0.497 e. The van der Waals surface area contributed by atoms with E-state index in [4.69, 9.17) is 10.00 Å². The molecule has 3 rings (SSSR count). The summed E-state index contributed by atoms with van der Waals surface area (Å²) in [5.74, 6) is 0.681. The van der Waals surface area contributed by atoms with Gasteiger partial charge in [-0.1, -0.05) is 0 Å². The lowest BCUT2D eigenvalue weighted by Crippen LogP contribution is -2.44. The summed E-state index contributed by atoms with van der Waals surface area (Å²) in [6, 6.07) is 12.8. The fourth-order valence-electron chi connectivity index (χ4n) is 3.33. The lowest BCUT2D eigenvalue weighted by molar-refractivity contribution is 0.104. The number of nitriles is 1. The third-order valence-corrected chi connectivity index (χ3v) is 4.64. The van der Waals surface area contributed by atoms with Crippen LogP contribution in [0.25, 0.3) is 5.70 Å². The molecular formula is C22H22N2O2. The van der Waals surface area contributed by atoms with E-state index in [1.54, 1.807) is 37.5 Å². The van der Waals surface area contributed by atoms with Gasteiger partial charge < -0.3 is 10.1 Å². The smallest absolute Gasteiger partial charge is 0.187 e. The van der Waals surface area contributed by atoms with Gasteiger partial charge in [0.2, 0.25) is 0 Å². The average Bonchev–Trinajstić information content (AvgIpc) is 2.61. The van der Waals surface area contributed by atoms with Gasteiger partial charge in [-0.2, -0.15) is 5.26 Å². The van der Waals surface area contributed by atoms with E-state index in [1.165, 1.54) is 5.56 Å². The Morgan fingerprint density at radius 2 is 1.96 bits per heavy atom. The summed E-state index contributed by atoms with van der Waals surface area (Å²) in [5.41, 5.74) is 5.14. The molecule has 2 aromatic rings. The van der Waals surface area contributed by atoms with Crippen molar-refractivity contribution in [1.82, 2.24) is 5.32 Å². The molecule has 0 unspecified atom stereocenters. The van der Waals surface area contributed by atoms with Gasteiger partial charge in [-0.05, 0) is 74.7 Å². The Kier molecular flexibility index (Phi) is 4.56. The van der Waals surface area contributed by atoms with Gasteiger partial charge in [-0.3, -0.25) is 4.79 Å². The second kappa shape index (κ2) is 6.68. The van der Waals surface area contributed by atoms with Crippen molar-refractivity contribution < 1.29 is 9.53 Å². The highest BCUT2D eigenvalue weighted by Crippen LogP contribution is 2.34. The van der Waals surface area contributed by atoms with Gasteiger partial charge in [0.1, 0.15) is 5.75 Å². The number of carbonyl (C=O) groups is 1. The molecule has 1 heterocycles.